The second-order valence-electron chi connectivity index (χ2n) is 6.06. The zero-order valence-electron chi connectivity index (χ0n) is 14.8. The minimum Gasteiger partial charge on any atom is -0.491 e. The Labute approximate surface area is 144 Å². The quantitative estimate of drug-likeness (QED) is 0.806. The van der Waals surface area contributed by atoms with Crippen LogP contribution < -0.4 is 19.3 Å². The van der Waals surface area contributed by atoms with E-state index in [1.54, 1.807) is 0 Å². The van der Waals surface area contributed by atoms with Gasteiger partial charge in [-0.05, 0) is 24.3 Å². The second kappa shape index (κ2) is 8.45. The molecule has 0 unspecified atom stereocenters. The van der Waals surface area contributed by atoms with Crippen molar-refractivity contribution >= 4 is 11.4 Å². The number of aliphatic hydroxyl groups is 1. The maximum Gasteiger partial charge on any atom is 0.122 e. The third-order valence-electron chi connectivity index (χ3n) is 3.55. The zero-order chi connectivity index (χ0) is 17.5. The SMILES string of the molecule is CN(C)c1cccc(OCC(O)COc2cccc(N(C)C)c2)c1. The van der Waals surface area contributed by atoms with Crippen molar-refractivity contribution in [3.8, 4) is 11.5 Å². The average molecular weight is 330 g/mol. The highest BCUT2D eigenvalue weighted by Gasteiger charge is 2.08. The van der Waals surface area contributed by atoms with E-state index in [1.807, 2.05) is 86.5 Å². The van der Waals surface area contributed by atoms with Crippen LogP contribution in [0.15, 0.2) is 48.5 Å². The van der Waals surface area contributed by atoms with Crippen molar-refractivity contribution in [3.63, 3.8) is 0 Å². The molecule has 0 aromatic heterocycles. The molecule has 0 fully saturated rings. The number of hydrogen-bond donors (Lipinski definition) is 1. The summed E-state index contributed by atoms with van der Waals surface area (Å²) in [5.41, 5.74) is 2.11. The van der Waals surface area contributed by atoms with Crippen molar-refractivity contribution in [1.29, 1.82) is 0 Å². The van der Waals surface area contributed by atoms with Gasteiger partial charge in [0, 0.05) is 51.7 Å². The van der Waals surface area contributed by atoms with Gasteiger partial charge >= 0.3 is 0 Å². The Balaban J connectivity index is 1.82. The molecule has 0 aliphatic rings. The smallest absolute Gasteiger partial charge is 0.122 e. The maximum absolute atomic E-state index is 10.1. The first-order chi connectivity index (χ1) is 11.5. The van der Waals surface area contributed by atoms with E-state index in [2.05, 4.69) is 0 Å². The van der Waals surface area contributed by atoms with Crippen LogP contribution in [-0.2, 0) is 0 Å². The van der Waals surface area contributed by atoms with E-state index in [-0.39, 0.29) is 13.2 Å². The molecule has 5 nitrogen and oxygen atoms in total. The van der Waals surface area contributed by atoms with Gasteiger partial charge in [-0.25, -0.2) is 0 Å². The first-order valence-electron chi connectivity index (χ1n) is 7.94. The Kier molecular flexibility index (Phi) is 6.32. The molecule has 130 valence electrons. The van der Waals surface area contributed by atoms with Crippen LogP contribution in [0.3, 0.4) is 0 Å². The van der Waals surface area contributed by atoms with Crippen molar-refractivity contribution in [2.24, 2.45) is 0 Å². The molecule has 2 aromatic rings. The van der Waals surface area contributed by atoms with Crippen LogP contribution in [-0.4, -0.2) is 52.6 Å². The summed E-state index contributed by atoms with van der Waals surface area (Å²) in [5.74, 6) is 1.46. The summed E-state index contributed by atoms with van der Waals surface area (Å²) in [5, 5.41) is 10.1. The predicted molar refractivity (Wildman–Crippen MR) is 98.5 cm³/mol. The number of rotatable bonds is 8. The summed E-state index contributed by atoms with van der Waals surface area (Å²) in [6, 6.07) is 15.5. The Hall–Kier alpha value is -2.40. The van der Waals surface area contributed by atoms with Crippen molar-refractivity contribution in [3.05, 3.63) is 48.5 Å². The van der Waals surface area contributed by atoms with Crippen molar-refractivity contribution < 1.29 is 14.6 Å². The van der Waals surface area contributed by atoms with E-state index < -0.39 is 6.10 Å². The van der Waals surface area contributed by atoms with E-state index in [0.717, 1.165) is 22.9 Å². The van der Waals surface area contributed by atoms with Gasteiger partial charge in [0.1, 0.15) is 30.8 Å². The molecule has 5 heteroatoms. The van der Waals surface area contributed by atoms with E-state index in [4.69, 9.17) is 9.47 Å². The minimum absolute atomic E-state index is 0.185. The summed E-state index contributed by atoms with van der Waals surface area (Å²) < 4.78 is 11.3. The normalized spacial score (nSPS) is 10.6. The molecule has 2 rings (SSSR count). The minimum atomic E-state index is -0.698. The lowest BCUT2D eigenvalue weighted by Gasteiger charge is -2.17. The van der Waals surface area contributed by atoms with Crippen LogP contribution in [0, 0.1) is 0 Å². The summed E-state index contributed by atoms with van der Waals surface area (Å²) in [6.45, 7) is 0.370. The molecule has 1 N–H and O–H groups in total. The van der Waals surface area contributed by atoms with Gasteiger partial charge in [-0.1, -0.05) is 12.1 Å². The van der Waals surface area contributed by atoms with Gasteiger partial charge in [0.05, 0.1) is 0 Å². The van der Waals surface area contributed by atoms with Crippen LogP contribution in [0.25, 0.3) is 0 Å². The first-order valence-corrected chi connectivity index (χ1v) is 7.94. The number of nitrogens with zero attached hydrogens (tertiary/aromatic N) is 2. The molecule has 0 spiro atoms. The molecule has 0 aliphatic carbocycles. The fourth-order valence-corrected chi connectivity index (χ4v) is 2.14. The number of aliphatic hydroxyl groups excluding tert-OH is 1. The Morgan fingerprint density at radius 1 is 0.792 bits per heavy atom. The highest BCUT2D eigenvalue weighted by Crippen LogP contribution is 2.21. The summed E-state index contributed by atoms with van der Waals surface area (Å²) in [4.78, 5) is 4.01. The number of benzene rings is 2. The molecule has 0 heterocycles. The van der Waals surface area contributed by atoms with Crippen molar-refractivity contribution in [2.45, 2.75) is 6.10 Å². The summed E-state index contributed by atoms with van der Waals surface area (Å²) >= 11 is 0. The van der Waals surface area contributed by atoms with Crippen LogP contribution >= 0.6 is 0 Å². The monoisotopic (exact) mass is 330 g/mol. The van der Waals surface area contributed by atoms with Crippen LogP contribution in [0.5, 0.6) is 11.5 Å². The van der Waals surface area contributed by atoms with Crippen LogP contribution in [0.1, 0.15) is 0 Å². The van der Waals surface area contributed by atoms with E-state index in [9.17, 15) is 5.11 Å². The van der Waals surface area contributed by atoms with Gasteiger partial charge < -0.3 is 24.4 Å². The lowest BCUT2D eigenvalue weighted by atomic mass is 10.3. The molecule has 0 aliphatic heterocycles. The summed E-state index contributed by atoms with van der Waals surface area (Å²) in [7, 11) is 7.90. The predicted octanol–water partition coefficient (Wildman–Crippen LogP) is 2.64. The molecule has 0 bridgehead atoms. The molecule has 2 aromatic carbocycles. The Morgan fingerprint density at radius 2 is 1.21 bits per heavy atom. The highest BCUT2D eigenvalue weighted by molar-refractivity contribution is 5.50. The van der Waals surface area contributed by atoms with E-state index in [1.165, 1.54) is 0 Å². The maximum atomic E-state index is 10.1. The second-order valence-corrected chi connectivity index (χ2v) is 6.06. The van der Waals surface area contributed by atoms with E-state index in [0.29, 0.717) is 0 Å². The zero-order valence-corrected chi connectivity index (χ0v) is 14.8. The number of hydrogen-bond acceptors (Lipinski definition) is 5. The lowest BCUT2D eigenvalue weighted by molar-refractivity contribution is 0.0627. The highest BCUT2D eigenvalue weighted by atomic mass is 16.5. The fourth-order valence-electron chi connectivity index (χ4n) is 2.14. The van der Waals surface area contributed by atoms with Crippen LogP contribution in [0.2, 0.25) is 0 Å². The first kappa shape index (κ1) is 17.9. The van der Waals surface area contributed by atoms with Gasteiger partial charge in [-0.3, -0.25) is 0 Å². The molecule has 0 saturated heterocycles. The third kappa shape index (κ3) is 5.35. The summed E-state index contributed by atoms with van der Waals surface area (Å²) in [6.07, 6.45) is -0.698. The van der Waals surface area contributed by atoms with Crippen molar-refractivity contribution in [2.75, 3.05) is 51.2 Å². The third-order valence-corrected chi connectivity index (χ3v) is 3.55. The average Bonchev–Trinajstić information content (AvgIpc) is 2.58. The largest absolute Gasteiger partial charge is 0.491 e. The van der Waals surface area contributed by atoms with Gasteiger partial charge in [0.25, 0.3) is 0 Å². The molecule has 0 amide bonds. The fraction of sp³-hybridized carbons (Fsp3) is 0.368. The molecule has 0 radical (unpaired) electrons. The standard InChI is InChI=1S/C19H26N2O3/c1-20(2)15-7-5-9-18(11-15)23-13-17(22)14-24-19-10-6-8-16(12-19)21(3)4/h5-12,17,22H,13-14H2,1-4H3. The topological polar surface area (TPSA) is 45.2 Å². The van der Waals surface area contributed by atoms with E-state index >= 15 is 0 Å². The molecule has 0 atom stereocenters. The van der Waals surface area contributed by atoms with Gasteiger partial charge in [0.15, 0.2) is 0 Å². The van der Waals surface area contributed by atoms with Crippen molar-refractivity contribution in [1.82, 2.24) is 0 Å². The number of anilines is 2. The van der Waals surface area contributed by atoms with Gasteiger partial charge in [-0.2, -0.15) is 0 Å². The number of ether oxygens (including phenoxy) is 2. The van der Waals surface area contributed by atoms with Gasteiger partial charge in [-0.15, -0.1) is 0 Å². The van der Waals surface area contributed by atoms with Gasteiger partial charge in [0.2, 0.25) is 0 Å². The molecule has 0 saturated carbocycles. The molecular weight excluding hydrogens is 304 g/mol. The Morgan fingerprint density at radius 3 is 1.58 bits per heavy atom. The molecular formula is C19H26N2O3. The Bertz CT molecular complexity index is 589. The molecule has 24 heavy (non-hydrogen) atoms. The lowest BCUT2D eigenvalue weighted by Crippen LogP contribution is -2.25. The van der Waals surface area contributed by atoms with Crippen LogP contribution in [0.4, 0.5) is 11.4 Å².